The number of hydrogen-bond donors (Lipinski definition) is 2. The molecule has 7 heteroatoms. The molecule has 2 N–H and O–H groups in total. The molecule has 0 bridgehead atoms. The summed E-state index contributed by atoms with van der Waals surface area (Å²) in [6, 6.07) is 0. The number of carboxylic acids is 1. The van der Waals surface area contributed by atoms with E-state index in [1.54, 1.807) is 0 Å². The third-order valence-electron chi connectivity index (χ3n) is 3.61. The second-order valence-corrected chi connectivity index (χ2v) is 5.65. The lowest BCUT2D eigenvalue weighted by atomic mass is 9.76. The summed E-state index contributed by atoms with van der Waals surface area (Å²) >= 11 is 5.61. The number of hydrogen-bond acceptors (Lipinski definition) is 4. The van der Waals surface area contributed by atoms with Gasteiger partial charge in [-0.05, 0) is 18.8 Å². The predicted molar refractivity (Wildman–Crippen MR) is 72.5 cm³/mol. The van der Waals surface area contributed by atoms with Crippen molar-refractivity contribution in [1.29, 1.82) is 0 Å². The van der Waals surface area contributed by atoms with Crippen molar-refractivity contribution in [2.24, 2.45) is 5.92 Å². The van der Waals surface area contributed by atoms with Gasteiger partial charge in [-0.2, -0.15) is 0 Å². The van der Waals surface area contributed by atoms with Gasteiger partial charge in [-0.25, -0.2) is 14.8 Å². The van der Waals surface area contributed by atoms with Crippen molar-refractivity contribution in [2.45, 2.75) is 38.1 Å². The monoisotopic (exact) mass is 297 g/mol. The van der Waals surface area contributed by atoms with Crippen LogP contribution in [0.25, 0.3) is 0 Å². The second-order valence-electron chi connectivity index (χ2n) is 5.27. The Morgan fingerprint density at radius 1 is 1.45 bits per heavy atom. The molecule has 1 aromatic heterocycles. The van der Waals surface area contributed by atoms with Crippen LogP contribution in [0.2, 0.25) is 5.15 Å². The summed E-state index contributed by atoms with van der Waals surface area (Å²) < 4.78 is 0. The molecule has 20 heavy (non-hydrogen) atoms. The molecule has 1 aliphatic carbocycles. The number of aromatic nitrogens is 2. The number of halogens is 1. The molecule has 2 unspecified atom stereocenters. The maximum absolute atomic E-state index is 12.1. The molecule has 1 aromatic rings. The van der Waals surface area contributed by atoms with Gasteiger partial charge in [0.15, 0.2) is 0 Å². The predicted octanol–water partition coefficient (Wildman–Crippen LogP) is 1.89. The molecule has 0 spiro atoms. The van der Waals surface area contributed by atoms with Gasteiger partial charge in [0.05, 0.1) is 12.4 Å². The molecule has 1 fully saturated rings. The van der Waals surface area contributed by atoms with Crippen molar-refractivity contribution in [3.8, 4) is 0 Å². The number of carboxylic acid groups (broad SMARTS) is 1. The fraction of sp³-hybridized carbons (Fsp3) is 0.538. The van der Waals surface area contributed by atoms with E-state index in [-0.39, 0.29) is 16.8 Å². The largest absolute Gasteiger partial charge is 0.480 e. The highest BCUT2D eigenvalue weighted by atomic mass is 35.5. The van der Waals surface area contributed by atoms with Gasteiger partial charge in [0, 0.05) is 0 Å². The van der Waals surface area contributed by atoms with Gasteiger partial charge in [0.25, 0.3) is 5.91 Å². The lowest BCUT2D eigenvalue weighted by molar-refractivity contribution is -0.146. The highest BCUT2D eigenvalue weighted by Crippen LogP contribution is 2.32. The van der Waals surface area contributed by atoms with Crippen LogP contribution in [-0.4, -0.2) is 32.5 Å². The summed E-state index contributed by atoms with van der Waals surface area (Å²) in [5.41, 5.74) is -1.15. The third-order valence-corrected chi connectivity index (χ3v) is 3.81. The van der Waals surface area contributed by atoms with Crippen LogP contribution in [0.5, 0.6) is 0 Å². The lowest BCUT2D eigenvalue weighted by Gasteiger charge is -2.36. The number of nitrogens with one attached hydrogen (secondary N) is 1. The Morgan fingerprint density at radius 2 is 2.20 bits per heavy atom. The fourth-order valence-electron chi connectivity index (χ4n) is 2.62. The molecular formula is C13H16ClN3O3. The van der Waals surface area contributed by atoms with E-state index in [0.29, 0.717) is 12.8 Å². The van der Waals surface area contributed by atoms with Crippen LogP contribution >= 0.6 is 11.6 Å². The highest BCUT2D eigenvalue weighted by molar-refractivity contribution is 6.29. The zero-order valence-corrected chi connectivity index (χ0v) is 11.9. The van der Waals surface area contributed by atoms with Crippen LogP contribution in [0, 0.1) is 5.92 Å². The third kappa shape index (κ3) is 3.07. The summed E-state index contributed by atoms with van der Waals surface area (Å²) in [4.78, 5) is 31.3. The molecular weight excluding hydrogens is 282 g/mol. The number of rotatable bonds is 3. The average molecular weight is 298 g/mol. The van der Waals surface area contributed by atoms with Crippen molar-refractivity contribution >= 4 is 23.5 Å². The normalized spacial score (nSPS) is 26.0. The molecule has 1 amide bonds. The second kappa shape index (κ2) is 5.75. The molecule has 0 saturated heterocycles. The minimum atomic E-state index is -1.21. The zero-order chi connectivity index (χ0) is 14.8. The SMILES string of the molecule is CC1CCCC(NC(=O)c2cnc(Cl)cn2)(C(=O)O)C1. The van der Waals surface area contributed by atoms with Crippen molar-refractivity contribution in [2.75, 3.05) is 0 Å². The molecule has 108 valence electrons. The molecule has 2 rings (SSSR count). The van der Waals surface area contributed by atoms with Crippen molar-refractivity contribution < 1.29 is 14.7 Å². The van der Waals surface area contributed by atoms with E-state index in [1.807, 2.05) is 6.92 Å². The maximum atomic E-state index is 12.1. The topological polar surface area (TPSA) is 92.2 Å². The van der Waals surface area contributed by atoms with Gasteiger partial charge in [0.2, 0.25) is 0 Å². The van der Waals surface area contributed by atoms with E-state index in [9.17, 15) is 14.7 Å². The average Bonchev–Trinajstić information content (AvgIpc) is 2.39. The van der Waals surface area contributed by atoms with E-state index in [1.165, 1.54) is 12.4 Å². The quantitative estimate of drug-likeness (QED) is 0.889. The Balaban J connectivity index is 2.18. The summed E-state index contributed by atoms with van der Waals surface area (Å²) in [5.74, 6) is -1.28. The zero-order valence-electron chi connectivity index (χ0n) is 11.1. The molecule has 1 saturated carbocycles. The van der Waals surface area contributed by atoms with Crippen LogP contribution < -0.4 is 5.32 Å². The van der Waals surface area contributed by atoms with E-state index in [0.717, 1.165) is 12.8 Å². The van der Waals surface area contributed by atoms with Gasteiger partial charge >= 0.3 is 5.97 Å². The van der Waals surface area contributed by atoms with Crippen LogP contribution in [0.15, 0.2) is 12.4 Å². The Labute approximate surface area is 121 Å². The van der Waals surface area contributed by atoms with Gasteiger partial charge < -0.3 is 10.4 Å². The highest BCUT2D eigenvalue weighted by Gasteiger charge is 2.43. The van der Waals surface area contributed by atoms with E-state index in [4.69, 9.17) is 11.6 Å². The van der Waals surface area contributed by atoms with Gasteiger partial charge in [-0.1, -0.05) is 31.4 Å². The van der Waals surface area contributed by atoms with Crippen molar-refractivity contribution in [1.82, 2.24) is 15.3 Å². The standard InChI is InChI=1S/C13H16ClN3O3/c1-8-3-2-4-13(5-8,12(19)20)17-11(18)9-6-16-10(14)7-15-9/h6-8H,2-5H2,1H3,(H,17,18)(H,19,20). The molecule has 6 nitrogen and oxygen atoms in total. The molecule has 0 aromatic carbocycles. The lowest BCUT2D eigenvalue weighted by Crippen LogP contribution is -2.56. The Morgan fingerprint density at radius 3 is 2.75 bits per heavy atom. The van der Waals surface area contributed by atoms with Crippen LogP contribution in [0.1, 0.15) is 43.1 Å². The molecule has 1 heterocycles. The number of aliphatic carboxylic acids is 1. The Bertz CT molecular complexity index is 520. The summed E-state index contributed by atoms with van der Waals surface area (Å²) in [5, 5.41) is 12.3. The number of carbonyl (C=O) groups is 2. The summed E-state index contributed by atoms with van der Waals surface area (Å²) in [7, 11) is 0. The van der Waals surface area contributed by atoms with E-state index < -0.39 is 17.4 Å². The number of nitrogens with zero attached hydrogens (tertiary/aromatic N) is 2. The summed E-state index contributed by atoms with van der Waals surface area (Å²) in [6.45, 7) is 1.99. The first-order chi connectivity index (χ1) is 9.43. The summed E-state index contributed by atoms with van der Waals surface area (Å²) in [6.07, 6.45) is 5.10. The number of carbonyl (C=O) groups excluding carboxylic acids is 1. The first-order valence-electron chi connectivity index (χ1n) is 6.46. The Hall–Kier alpha value is -1.69. The van der Waals surface area contributed by atoms with E-state index >= 15 is 0 Å². The number of amides is 1. The van der Waals surface area contributed by atoms with Crippen LogP contribution in [-0.2, 0) is 4.79 Å². The maximum Gasteiger partial charge on any atom is 0.329 e. The fourth-order valence-corrected chi connectivity index (χ4v) is 2.72. The minimum Gasteiger partial charge on any atom is -0.480 e. The molecule has 2 atom stereocenters. The minimum absolute atomic E-state index is 0.0632. The molecule has 0 radical (unpaired) electrons. The Kier molecular flexibility index (Phi) is 4.23. The van der Waals surface area contributed by atoms with Gasteiger partial charge in [-0.15, -0.1) is 0 Å². The van der Waals surface area contributed by atoms with E-state index in [2.05, 4.69) is 15.3 Å². The van der Waals surface area contributed by atoms with Crippen molar-refractivity contribution in [3.05, 3.63) is 23.2 Å². The first kappa shape index (κ1) is 14.7. The van der Waals surface area contributed by atoms with Gasteiger partial charge in [-0.3, -0.25) is 4.79 Å². The molecule has 0 aliphatic heterocycles. The van der Waals surface area contributed by atoms with Crippen molar-refractivity contribution in [3.63, 3.8) is 0 Å². The van der Waals surface area contributed by atoms with Gasteiger partial charge in [0.1, 0.15) is 16.4 Å². The smallest absolute Gasteiger partial charge is 0.329 e. The molecule has 1 aliphatic rings. The van der Waals surface area contributed by atoms with Crippen LogP contribution in [0.3, 0.4) is 0 Å². The van der Waals surface area contributed by atoms with Crippen LogP contribution in [0.4, 0.5) is 0 Å². The first-order valence-corrected chi connectivity index (χ1v) is 6.84.